The molecule has 3 saturated carbocycles. The third-order valence-corrected chi connectivity index (χ3v) is 9.72. The fraction of sp³-hybridized carbons (Fsp3) is 0.931. The average Bonchev–Trinajstić information content (AvgIpc) is 2.80. The van der Waals surface area contributed by atoms with E-state index in [1.807, 2.05) is 0 Å². The first-order valence-corrected chi connectivity index (χ1v) is 14.0. The summed E-state index contributed by atoms with van der Waals surface area (Å²) in [5.41, 5.74) is 0. The second-order valence-corrected chi connectivity index (χ2v) is 11.9. The topological polar surface area (TPSA) is 9.23 Å². The highest BCUT2D eigenvalue weighted by Crippen LogP contribution is 2.44. The van der Waals surface area contributed by atoms with E-state index in [0.717, 1.165) is 48.0 Å². The standard InChI is InChI=1S/C29H50O/c1-3-4-23-7-9-24(10-8-23)21-30-29-19-17-28(18-20-29)27-15-13-26(14-16-27)25-11-5-22(2)6-12-25/h17,19,22-29H,3-16,18,20-21H2,1-2H3. The van der Waals surface area contributed by atoms with E-state index in [0.29, 0.717) is 6.10 Å². The Morgan fingerprint density at radius 3 is 1.83 bits per heavy atom. The summed E-state index contributed by atoms with van der Waals surface area (Å²) in [4.78, 5) is 0. The van der Waals surface area contributed by atoms with Gasteiger partial charge in [0, 0.05) is 0 Å². The quantitative estimate of drug-likeness (QED) is 0.379. The number of hydrogen-bond acceptors (Lipinski definition) is 1. The van der Waals surface area contributed by atoms with Crippen molar-refractivity contribution >= 4 is 0 Å². The molecule has 4 aliphatic carbocycles. The van der Waals surface area contributed by atoms with Crippen LogP contribution in [0.25, 0.3) is 0 Å². The van der Waals surface area contributed by atoms with E-state index in [2.05, 4.69) is 26.0 Å². The summed E-state index contributed by atoms with van der Waals surface area (Å²) in [7, 11) is 0. The largest absolute Gasteiger partial charge is 0.374 e. The molecule has 0 spiro atoms. The van der Waals surface area contributed by atoms with E-state index in [1.165, 1.54) is 103 Å². The van der Waals surface area contributed by atoms with Crippen LogP contribution in [-0.4, -0.2) is 12.7 Å². The minimum absolute atomic E-state index is 0.412. The van der Waals surface area contributed by atoms with Crippen molar-refractivity contribution < 1.29 is 4.74 Å². The summed E-state index contributed by atoms with van der Waals surface area (Å²) in [6.07, 6.45) is 28.7. The minimum Gasteiger partial charge on any atom is -0.374 e. The highest BCUT2D eigenvalue weighted by Gasteiger charge is 2.33. The molecule has 0 aromatic rings. The molecule has 4 aliphatic rings. The van der Waals surface area contributed by atoms with Gasteiger partial charge in [-0.05, 0) is 106 Å². The van der Waals surface area contributed by atoms with Gasteiger partial charge in [-0.15, -0.1) is 0 Å². The van der Waals surface area contributed by atoms with Gasteiger partial charge in [0.2, 0.25) is 0 Å². The van der Waals surface area contributed by atoms with Crippen molar-refractivity contribution in [1.82, 2.24) is 0 Å². The maximum atomic E-state index is 6.37. The van der Waals surface area contributed by atoms with E-state index in [1.54, 1.807) is 0 Å². The lowest BCUT2D eigenvalue weighted by molar-refractivity contribution is 0.0281. The first-order chi connectivity index (χ1) is 14.7. The van der Waals surface area contributed by atoms with Gasteiger partial charge in [0.05, 0.1) is 12.7 Å². The van der Waals surface area contributed by atoms with Gasteiger partial charge in [0.1, 0.15) is 0 Å². The normalized spacial score (nSPS) is 42.9. The fourth-order valence-corrected chi connectivity index (χ4v) is 7.50. The fourth-order valence-electron chi connectivity index (χ4n) is 7.50. The third-order valence-electron chi connectivity index (χ3n) is 9.72. The Morgan fingerprint density at radius 2 is 1.23 bits per heavy atom. The molecular weight excluding hydrogens is 364 g/mol. The van der Waals surface area contributed by atoms with Crippen LogP contribution in [0.5, 0.6) is 0 Å². The molecule has 0 aromatic heterocycles. The van der Waals surface area contributed by atoms with Gasteiger partial charge in [-0.25, -0.2) is 0 Å². The van der Waals surface area contributed by atoms with Crippen molar-refractivity contribution in [1.29, 1.82) is 0 Å². The highest BCUT2D eigenvalue weighted by atomic mass is 16.5. The average molecular weight is 415 g/mol. The van der Waals surface area contributed by atoms with Gasteiger partial charge in [-0.1, -0.05) is 64.5 Å². The molecule has 0 saturated heterocycles. The van der Waals surface area contributed by atoms with E-state index >= 15 is 0 Å². The van der Waals surface area contributed by atoms with Gasteiger partial charge < -0.3 is 4.74 Å². The molecule has 3 fully saturated rings. The predicted octanol–water partition coefficient (Wildman–Crippen LogP) is 8.58. The molecule has 0 heterocycles. The zero-order valence-electron chi connectivity index (χ0n) is 20.2. The van der Waals surface area contributed by atoms with Crippen LogP contribution in [0.4, 0.5) is 0 Å². The van der Waals surface area contributed by atoms with Crippen LogP contribution >= 0.6 is 0 Å². The zero-order valence-corrected chi connectivity index (χ0v) is 20.2. The second-order valence-electron chi connectivity index (χ2n) is 11.9. The maximum Gasteiger partial charge on any atom is 0.0756 e. The Balaban J connectivity index is 1.13. The van der Waals surface area contributed by atoms with Crippen molar-refractivity contribution in [3.8, 4) is 0 Å². The molecule has 30 heavy (non-hydrogen) atoms. The van der Waals surface area contributed by atoms with Crippen molar-refractivity contribution in [2.24, 2.45) is 41.4 Å². The van der Waals surface area contributed by atoms with Crippen molar-refractivity contribution in [2.75, 3.05) is 6.61 Å². The Kier molecular flexibility index (Phi) is 8.79. The Bertz CT molecular complexity index is 500. The Labute approximate surface area is 187 Å². The summed E-state index contributed by atoms with van der Waals surface area (Å²) in [5.74, 6) is 6.79. The smallest absolute Gasteiger partial charge is 0.0756 e. The molecule has 0 aromatic carbocycles. The monoisotopic (exact) mass is 414 g/mol. The molecule has 0 amide bonds. The number of hydrogen-bond donors (Lipinski definition) is 0. The lowest BCUT2D eigenvalue weighted by Gasteiger charge is -2.39. The summed E-state index contributed by atoms with van der Waals surface area (Å²) in [5, 5.41) is 0. The van der Waals surface area contributed by atoms with Gasteiger partial charge in [-0.2, -0.15) is 0 Å². The molecule has 1 heteroatoms. The maximum absolute atomic E-state index is 6.37. The van der Waals surface area contributed by atoms with E-state index in [9.17, 15) is 0 Å². The predicted molar refractivity (Wildman–Crippen MR) is 129 cm³/mol. The van der Waals surface area contributed by atoms with Gasteiger partial charge in [-0.3, -0.25) is 0 Å². The molecule has 4 rings (SSSR count). The minimum atomic E-state index is 0.412. The van der Waals surface area contributed by atoms with Gasteiger partial charge in [0.15, 0.2) is 0 Å². The molecule has 0 radical (unpaired) electrons. The van der Waals surface area contributed by atoms with E-state index < -0.39 is 0 Å². The molecule has 172 valence electrons. The van der Waals surface area contributed by atoms with Crippen LogP contribution in [0.3, 0.4) is 0 Å². The lowest BCUT2D eigenvalue weighted by Crippen LogP contribution is -2.29. The Morgan fingerprint density at radius 1 is 0.633 bits per heavy atom. The molecule has 0 aliphatic heterocycles. The van der Waals surface area contributed by atoms with E-state index in [4.69, 9.17) is 4.74 Å². The molecule has 0 N–H and O–H groups in total. The van der Waals surface area contributed by atoms with Crippen molar-refractivity contribution in [3.05, 3.63) is 12.2 Å². The summed E-state index contributed by atoms with van der Waals surface area (Å²) in [6.45, 7) is 5.81. The van der Waals surface area contributed by atoms with Crippen LogP contribution in [0.15, 0.2) is 12.2 Å². The number of ether oxygens (including phenoxy) is 1. The van der Waals surface area contributed by atoms with Crippen molar-refractivity contribution in [3.63, 3.8) is 0 Å². The van der Waals surface area contributed by atoms with Crippen LogP contribution in [0.1, 0.15) is 117 Å². The molecule has 2 atom stereocenters. The summed E-state index contributed by atoms with van der Waals surface area (Å²) < 4.78 is 6.37. The lowest BCUT2D eigenvalue weighted by atomic mass is 9.66. The van der Waals surface area contributed by atoms with Crippen LogP contribution < -0.4 is 0 Å². The van der Waals surface area contributed by atoms with Gasteiger partial charge in [0.25, 0.3) is 0 Å². The molecular formula is C29H50O. The van der Waals surface area contributed by atoms with Crippen LogP contribution in [-0.2, 0) is 4.74 Å². The van der Waals surface area contributed by atoms with E-state index in [-0.39, 0.29) is 0 Å². The third kappa shape index (κ3) is 6.36. The van der Waals surface area contributed by atoms with Crippen molar-refractivity contribution in [2.45, 2.75) is 123 Å². The van der Waals surface area contributed by atoms with Gasteiger partial charge >= 0.3 is 0 Å². The van der Waals surface area contributed by atoms with Crippen LogP contribution in [0.2, 0.25) is 0 Å². The molecule has 0 bridgehead atoms. The number of allylic oxidation sites excluding steroid dienone is 1. The summed E-state index contributed by atoms with van der Waals surface area (Å²) in [6, 6.07) is 0. The Hall–Kier alpha value is -0.300. The first kappa shape index (κ1) is 22.9. The first-order valence-electron chi connectivity index (χ1n) is 14.0. The molecule has 2 unspecified atom stereocenters. The number of rotatable bonds is 7. The van der Waals surface area contributed by atoms with Crippen LogP contribution in [0, 0.1) is 41.4 Å². The second kappa shape index (κ2) is 11.5. The molecule has 1 nitrogen and oxygen atoms in total. The zero-order chi connectivity index (χ0) is 20.8. The summed E-state index contributed by atoms with van der Waals surface area (Å²) >= 11 is 0. The SMILES string of the molecule is CCCC1CCC(COC2C=CC(C3CCC(C4CCC(C)CC4)CC3)CC2)CC1. The highest BCUT2D eigenvalue weighted by molar-refractivity contribution is 5.02.